The summed E-state index contributed by atoms with van der Waals surface area (Å²) in [5.41, 5.74) is 6.56. The minimum atomic E-state index is -3.44. The van der Waals surface area contributed by atoms with Gasteiger partial charge < -0.3 is 10.3 Å². The zero-order chi connectivity index (χ0) is 14.8. The maximum Gasteiger partial charge on any atom is 0.245 e. The Hall–Kier alpha value is -1.11. The Morgan fingerprint density at radius 1 is 1.55 bits per heavy atom. The van der Waals surface area contributed by atoms with Crippen molar-refractivity contribution in [3.05, 3.63) is 30.6 Å². The third kappa shape index (κ3) is 2.97. The molecule has 0 unspecified atom stereocenters. The summed E-state index contributed by atoms with van der Waals surface area (Å²) in [6.07, 6.45) is 6.17. The van der Waals surface area contributed by atoms with Gasteiger partial charge >= 0.3 is 0 Å². The highest BCUT2D eigenvalue weighted by molar-refractivity contribution is 7.89. The average molecular weight is 297 g/mol. The molecular weight excluding hydrogens is 274 g/mol. The molecule has 0 radical (unpaired) electrons. The van der Waals surface area contributed by atoms with Crippen molar-refractivity contribution in [2.24, 2.45) is 5.73 Å². The van der Waals surface area contributed by atoms with Crippen LogP contribution >= 0.6 is 0 Å². The van der Waals surface area contributed by atoms with Crippen LogP contribution in [0.15, 0.2) is 29.8 Å². The second kappa shape index (κ2) is 6.11. The smallest absolute Gasteiger partial charge is 0.245 e. The molecule has 1 aromatic rings. The van der Waals surface area contributed by atoms with Crippen LogP contribution in [0.25, 0.3) is 0 Å². The summed E-state index contributed by atoms with van der Waals surface area (Å²) in [4.78, 5) is 0.347. The molecular formula is C14H23N3O2S. The summed E-state index contributed by atoms with van der Waals surface area (Å²) < 4.78 is 28.9. The molecule has 20 heavy (non-hydrogen) atoms. The van der Waals surface area contributed by atoms with Gasteiger partial charge in [-0.05, 0) is 25.3 Å². The van der Waals surface area contributed by atoms with Crippen molar-refractivity contribution in [2.75, 3.05) is 6.54 Å². The van der Waals surface area contributed by atoms with Crippen LogP contribution in [0, 0.1) is 0 Å². The molecule has 0 atom stereocenters. The first-order valence-corrected chi connectivity index (χ1v) is 8.50. The molecule has 1 saturated carbocycles. The van der Waals surface area contributed by atoms with Crippen molar-refractivity contribution in [3.63, 3.8) is 0 Å². The molecule has 112 valence electrons. The van der Waals surface area contributed by atoms with E-state index in [1.165, 1.54) is 0 Å². The summed E-state index contributed by atoms with van der Waals surface area (Å²) in [6.45, 7) is 7.21. The molecule has 2 rings (SSSR count). The Labute approximate surface area is 121 Å². The zero-order valence-corrected chi connectivity index (χ0v) is 12.8. The van der Waals surface area contributed by atoms with Gasteiger partial charge in [0.05, 0.1) is 0 Å². The van der Waals surface area contributed by atoms with Gasteiger partial charge in [-0.2, -0.15) is 4.31 Å². The van der Waals surface area contributed by atoms with Gasteiger partial charge in [0.1, 0.15) is 4.90 Å². The van der Waals surface area contributed by atoms with Gasteiger partial charge in [0.25, 0.3) is 0 Å². The largest absolute Gasteiger partial charge is 0.349 e. The molecule has 0 saturated heterocycles. The van der Waals surface area contributed by atoms with E-state index in [0.717, 1.165) is 31.5 Å². The predicted molar refractivity (Wildman–Crippen MR) is 79.7 cm³/mol. The van der Waals surface area contributed by atoms with E-state index in [9.17, 15) is 8.42 Å². The molecule has 5 nitrogen and oxygen atoms in total. The zero-order valence-electron chi connectivity index (χ0n) is 12.0. The second-order valence-electron chi connectivity index (χ2n) is 5.16. The maximum absolute atomic E-state index is 12.7. The summed E-state index contributed by atoms with van der Waals surface area (Å²) >= 11 is 0. The van der Waals surface area contributed by atoms with Crippen LogP contribution in [0.4, 0.5) is 0 Å². The molecule has 6 heteroatoms. The maximum atomic E-state index is 12.7. The minimum absolute atomic E-state index is 0.133. The first-order valence-electron chi connectivity index (χ1n) is 7.06. The number of aromatic nitrogens is 1. The third-order valence-corrected chi connectivity index (χ3v) is 5.39. The summed E-state index contributed by atoms with van der Waals surface area (Å²) in [7, 11) is -3.44. The van der Waals surface area contributed by atoms with E-state index >= 15 is 0 Å². The monoisotopic (exact) mass is 297 g/mol. The van der Waals surface area contributed by atoms with E-state index in [-0.39, 0.29) is 6.04 Å². The van der Waals surface area contributed by atoms with Gasteiger partial charge in [0.15, 0.2) is 0 Å². The number of hydrogen-bond donors (Lipinski definition) is 1. The lowest BCUT2D eigenvalue weighted by atomic mass is 10.4. The lowest BCUT2D eigenvalue weighted by molar-refractivity contribution is 0.436. The van der Waals surface area contributed by atoms with E-state index < -0.39 is 10.0 Å². The lowest BCUT2D eigenvalue weighted by Gasteiger charge is -2.19. The van der Waals surface area contributed by atoms with Crippen molar-refractivity contribution in [3.8, 4) is 0 Å². The first-order chi connectivity index (χ1) is 9.54. The molecule has 0 bridgehead atoms. The minimum Gasteiger partial charge on any atom is -0.349 e. The normalized spacial score (nSPS) is 15.8. The van der Waals surface area contributed by atoms with Crippen molar-refractivity contribution >= 4 is 10.0 Å². The fourth-order valence-corrected chi connectivity index (χ4v) is 4.08. The second-order valence-corrected chi connectivity index (χ2v) is 7.05. The fraction of sp³-hybridized carbons (Fsp3) is 0.571. The summed E-state index contributed by atoms with van der Waals surface area (Å²) in [5, 5.41) is 0. The molecule has 1 heterocycles. The van der Waals surface area contributed by atoms with Crippen LogP contribution in [0.5, 0.6) is 0 Å². The van der Waals surface area contributed by atoms with Gasteiger partial charge in [-0.3, -0.25) is 0 Å². The van der Waals surface area contributed by atoms with Gasteiger partial charge in [-0.1, -0.05) is 13.0 Å². The van der Waals surface area contributed by atoms with E-state index in [1.54, 1.807) is 22.6 Å². The number of nitrogens with two attached hydrogens (primary N) is 1. The fourth-order valence-electron chi connectivity index (χ4n) is 2.36. The van der Waals surface area contributed by atoms with Gasteiger partial charge in [0, 0.05) is 37.6 Å². The van der Waals surface area contributed by atoms with Crippen molar-refractivity contribution < 1.29 is 8.42 Å². The van der Waals surface area contributed by atoms with Gasteiger partial charge in [-0.15, -0.1) is 6.58 Å². The number of sulfonamides is 1. The van der Waals surface area contributed by atoms with E-state index in [2.05, 4.69) is 13.5 Å². The van der Waals surface area contributed by atoms with Crippen LogP contribution in [-0.2, 0) is 23.1 Å². The van der Waals surface area contributed by atoms with Crippen molar-refractivity contribution in [1.82, 2.24) is 8.87 Å². The highest BCUT2D eigenvalue weighted by Gasteiger charge is 2.37. The SMILES string of the molecule is C=CCN(C1CC1)S(=O)(=O)c1cc(CN)n(CCC)c1. The summed E-state index contributed by atoms with van der Waals surface area (Å²) in [5.74, 6) is 0. The summed E-state index contributed by atoms with van der Waals surface area (Å²) in [6, 6.07) is 1.83. The van der Waals surface area contributed by atoms with Gasteiger partial charge in [0.2, 0.25) is 10.0 Å². The van der Waals surface area contributed by atoms with Crippen molar-refractivity contribution in [1.29, 1.82) is 0 Å². The molecule has 2 N–H and O–H groups in total. The van der Waals surface area contributed by atoms with E-state index in [0.29, 0.717) is 18.0 Å². The molecule has 1 fully saturated rings. The van der Waals surface area contributed by atoms with Crippen LogP contribution in [-0.4, -0.2) is 29.9 Å². The lowest BCUT2D eigenvalue weighted by Crippen LogP contribution is -2.33. The average Bonchev–Trinajstić information content (AvgIpc) is 3.16. The Bertz CT molecular complexity index is 573. The predicted octanol–water partition coefficient (Wildman–Crippen LogP) is 1.70. The molecule has 1 aromatic heterocycles. The topological polar surface area (TPSA) is 68.3 Å². The number of rotatable bonds is 8. The Kier molecular flexibility index (Phi) is 4.67. The number of aryl methyl sites for hydroxylation is 1. The van der Waals surface area contributed by atoms with Crippen LogP contribution < -0.4 is 5.73 Å². The Balaban J connectivity index is 2.34. The molecule has 1 aliphatic carbocycles. The van der Waals surface area contributed by atoms with E-state index in [1.807, 2.05) is 4.57 Å². The van der Waals surface area contributed by atoms with Crippen LogP contribution in [0.2, 0.25) is 0 Å². The van der Waals surface area contributed by atoms with Crippen LogP contribution in [0.3, 0.4) is 0 Å². The van der Waals surface area contributed by atoms with Gasteiger partial charge in [-0.25, -0.2) is 8.42 Å². The Morgan fingerprint density at radius 3 is 2.75 bits per heavy atom. The number of nitrogens with zero attached hydrogens (tertiary/aromatic N) is 2. The molecule has 0 spiro atoms. The molecule has 0 amide bonds. The highest BCUT2D eigenvalue weighted by Crippen LogP contribution is 2.32. The van der Waals surface area contributed by atoms with Crippen LogP contribution in [0.1, 0.15) is 31.9 Å². The highest BCUT2D eigenvalue weighted by atomic mass is 32.2. The Morgan fingerprint density at radius 2 is 2.25 bits per heavy atom. The molecule has 1 aliphatic rings. The standard InChI is InChI=1S/C14H23N3O2S/c1-3-7-16-11-14(9-13(16)10-15)20(18,19)17(8-4-2)12-5-6-12/h4,9,11-12H,2-3,5-8,10,15H2,1H3. The molecule has 0 aromatic carbocycles. The number of hydrogen-bond acceptors (Lipinski definition) is 3. The quantitative estimate of drug-likeness (QED) is 0.743. The van der Waals surface area contributed by atoms with Crippen molar-refractivity contribution in [2.45, 2.75) is 50.2 Å². The third-order valence-electron chi connectivity index (χ3n) is 3.50. The first kappa shape index (κ1) is 15.3. The molecule has 0 aliphatic heterocycles. The van der Waals surface area contributed by atoms with E-state index in [4.69, 9.17) is 5.73 Å².